The van der Waals surface area contributed by atoms with E-state index >= 15 is 0 Å². The summed E-state index contributed by atoms with van der Waals surface area (Å²) in [6.07, 6.45) is -3.74. The molecule has 0 aromatic heterocycles. The number of rotatable bonds is 1. The van der Waals surface area contributed by atoms with Crippen LogP contribution in [-0.2, 0) is 14.1 Å². The molecule has 1 aromatic rings. The lowest BCUT2D eigenvalue weighted by Crippen LogP contribution is -2.41. The van der Waals surface area contributed by atoms with Gasteiger partial charge in [0.05, 0.1) is 23.3 Å². The van der Waals surface area contributed by atoms with Crippen LogP contribution < -0.4 is 5.46 Å². The number of carbonyl (C=O) groups excluding carboxylic acids is 1. The van der Waals surface area contributed by atoms with E-state index < -0.39 is 42.5 Å². The topological polar surface area (TPSA) is 38.8 Å². The quantitative estimate of drug-likeness (QED) is 0.716. The van der Waals surface area contributed by atoms with Crippen LogP contribution >= 0.6 is 0 Å². The zero-order chi connectivity index (χ0) is 19.1. The molecule has 1 amide bonds. The van der Waals surface area contributed by atoms with E-state index in [1.54, 1.807) is 0 Å². The second-order valence-electron chi connectivity index (χ2n) is 8.30. The summed E-state index contributed by atoms with van der Waals surface area (Å²) in [7, 11) is -0.573. The molecule has 4 rings (SSSR count). The van der Waals surface area contributed by atoms with Crippen molar-refractivity contribution in [3.8, 4) is 0 Å². The van der Waals surface area contributed by atoms with E-state index in [0.717, 1.165) is 21.5 Å². The van der Waals surface area contributed by atoms with Crippen LogP contribution in [-0.4, -0.2) is 35.3 Å². The molecule has 2 saturated heterocycles. The smallest absolute Gasteiger partial charge is 0.399 e. The molecule has 1 aromatic carbocycles. The summed E-state index contributed by atoms with van der Waals surface area (Å²) in [5.74, 6) is -1.75. The predicted molar refractivity (Wildman–Crippen MR) is 89.8 cm³/mol. The molecule has 2 unspecified atom stereocenters. The van der Waals surface area contributed by atoms with Gasteiger partial charge in [-0.25, -0.2) is 0 Å². The van der Waals surface area contributed by atoms with E-state index in [2.05, 4.69) is 0 Å². The zero-order valence-corrected chi connectivity index (χ0v) is 15.2. The summed E-state index contributed by atoms with van der Waals surface area (Å²) < 4.78 is 51.0. The van der Waals surface area contributed by atoms with Gasteiger partial charge in [0.2, 0.25) is 0 Å². The first-order valence-corrected chi connectivity index (χ1v) is 8.81. The Bertz CT molecular complexity index is 761. The van der Waals surface area contributed by atoms with E-state index in [1.165, 1.54) is 0 Å². The number of fused-ring (bicyclic) bond motifs is 5. The first-order chi connectivity index (χ1) is 11.9. The van der Waals surface area contributed by atoms with Crippen LogP contribution in [0, 0.1) is 0 Å². The fraction of sp³-hybridized carbons (Fsp3) is 0.611. The maximum atomic E-state index is 13.0. The highest BCUT2D eigenvalue weighted by molar-refractivity contribution is 6.62. The molecule has 3 heterocycles. The van der Waals surface area contributed by atoms with Crippen molar-refractivity contribution < 1.29 is 27.3 Å². The molecule has 0 N–H and O–H groups in total. The van der Waals surface area contributed by atoms with Crippen molar-refractivity contribution in [2.75, 3.05) is 0 Å². The van der Waals surface area contributed by atoms with Crippen LogP contribution in [0.25, 0.3) is 0 Å². The third-order valence-electron chi connectivity index (χ3n) is 6.22. The first kappa shape index (κ1) is 17.9. The maximum absolute atomic E-state index is 13.0. The monoisotopic (exact) mass is 367 g/mol. The Balaban J connectivity index is 1.65. The number of carbonyl (C=O) groups is 1. The number of hydrogen-bond acceptors (Lipinski definition) is 3. The lowest BCUT2D eigenvalue weighted by Gasteiger charge is -2.32. The molecule has 0 saturated carbocycles. The Morgan fingerprint density at radius 3 is 2.15 bits per heavy atom. The first-order valence-electron chi connectivity index (χ1n) is 8.81. The number of benzene rings is 1. The summed E-state index contributed by atoms with van der Waals surface area (Å²) in [5, 5.41) is 0. The van der Waals surface area contributed by atoms with Crippen molar-refractivity contribution in [2.24, 2.45) is 0 Å². The van der Waals surface area contributed by atoms with Gasteiger partial charge in [-0.1, -0.05) is 18.2 Å². The molecular weight excluding hydrogens is 346 g/mol. The van der Waals surface area contributed by atoms with Crippen LogP contribution in [0.5, 0.6) is 0 Å². The molecule has 2 fully saturated rings. The number of hydrogen-bond donors (Lipinski definition) is 0. The number of amides is 1. The SMILES string of the molecule is CC1(C)OB(c2ccc3c(c2)C2CCC3N2C(=O)C(F)(F)F)OC1(C)C. The predicted octanol–water partition coefficient (Wildman–Crippen LogP) is 3.27. The largest absolute Gasteiger partial charge is 0.494 e. The Morgan fingerprint density at radius 1 is 1.08 bits per heavy atom. The molecule has 0 spiro atoms. The average Bonchev–Trinajstić information content (AvgIpc) is 3.14. The van der Waals surface area contributed by atoms with Gasteiger partial charge in [-0.2, -0.15) is 13.2 Å². The Hall–Kier alpha value is -1.54. The fourth-order valence-electron chi connectivity index (χ4n) is 4.16. The lowest BCUT2D eigenvalue weighted by atomic mass is 9.76. The van der Waals surface area contributed by atoms with Crippen molar-refractivity contribution >= 4 is 18.5 Å². The molecule has 0 radical (unpaired) electrons. The van der Waals surface area contributed by atoms with Crippen molar-refractivity contribution in [2.45, 2.75) is 70.0 Å². The van der Waals surface area contributed by atoms with Gasteiger partial charge in [-0.15, -0.1) is 0 Å². The molecule has 2 bridgehead atoms. The van der Waals surface area contributed by atoms with Gasteiger partial charge in [0.1, 0.15) is 0 Å². The lowest BCUT2D eigenvalue weighted by molar-refractivity contribution is -0.188. The number of alkyl halides is 3. The van der Waals surface area contributed by atoms with Gasteiger partial charge in [0, 0.05) is 0 Å². The molecule has 4 nitrogen and oxygen atoms in total. The minimum Gasteiger partial charge on any atom is -0.399 e. The van der Waals surface area contributed by atoms with Crippen LogP contribution in [0.2, 0.25) is 0 Å². The normalized spacial score (nSPS) is 28.6. The zero-order valence-electron chi connectivity index (χ0n) is 15.2. The van der Waals surface area contributed by atoms with Crippen LogP contribution in [0.1, 0.15) is 63.7 Å². The van der Waals surface area contributed by atoms with E-state index in [9.17, 15) is 18.0 Å². The molecule has 26 heavy (non-hydrogen) atoms. The summed E-state index contributed by atoms with van der Waals surface area (Å²) in [5.41, 5.74) is 1.38. The van der Waals surface area contributed by atoms with Crippen LogP contribution in [0.3, 0.4) is 0 Å². The minimum absolute atomic E-state index is 0.489. The fourth-order valence-corrected chi connectivity index (χ4v) is 4.16. The number of halogens is 3. The van der Waals surface area contributed by atoms with Crippen molar-refractivity contribution in [3.05, 3.63) is 29.3 Å². The minimum atomic E-state index is -4.85. The van der Waals surface area contributed by atoms with E-state index in [-0.39, 0.29) is 0 Å². The molecule has 140 valence electrons. The van der Waals surface area contributed by atoms with Gasteiger partial charge >= 0.3 is 19.2 Å². The van der Waals surface area contributed by atoms with Crippen molar-refractivity contribution in [1.82, 2.24) is 4.90 Å². The summed E-state index contributed by atoms with van der Waals surface area (Å²) in [6, 6.07) is 4.48. The van der Waals surface area contributed by atoms with Gasteiger partial charge in [-0.05, 0) is 57.1 Å². The van der Waals surface area contributed by atoms with Crippen molar-refractivity contribution in [1.29, 1.82) is 0 Å². The van der Waals surface area contributed by atoms with Gasteiger partial charge in [-0.3, -0.25) is 4.79 Å². The maximum Gasteiger partial charge on any atom is 0.494 e. The molecule has 2 atom stereocenters. The van der Waals surface area contributed by atoms with E-state index in [1.807, 2.05) is 45.9 Å². The second kappa shape index (κ2) is 5.26. The summed E-state index contributed by atoms with van der Waals surface area (Å²) in [6.45, 7) is 7.80. The highest BCUT2D eigenvalue weighted by atomic mass is 19.4. The van der Waals surface area contributed by atoms with Crippen LogP contribution in [0.4, 0.5) is 13.2 Å². The van der Waals surface area contributed by atoms with Gasteiger partial charge < -0.3 is 14.2 Å². The Labute approximate surface area is 150 Å². The van der Waals surface area contributed by atoms with Gasteiger partial charge in [0.25, 0.3) is 0 Å². The summed E-state index contributed by atoms with van der Waals surface area (Å²) >= 11 is 0. The second-order valence-corrected chi connectivity index (χ2v) is 8.30. The van der Waals surface area contributed by atoms with E-state index in [0.29, 0.717) is 12.8 Å². The van der Waals surface area contributed by atoms with Crippen molar-refractivity contribution in [3.63, 3.8) is 0 Å². The Morgan fingerprint density at radius 2 is 1.62 bits per heavy atom. The highest BCUT2D eigenvalue weighted by Crippen LogP contribution is 2.54. The molecular formula is C18H21BF3NO3. The Kier molecular flexibility index (Phi) is 3.61. The van der Waals surface area contributed by atoms with E-state index in [4.69, 9.17) is 9.31 Å². The third kappa shape index (κ3) is 2.42. The number of nitrogens with zero attached hydrogens (tertiary/aromatic N) is 1. The summed E-state index contributed by atoms with van der Waals surface area (Å²) in [4.78, 5) is 12.9. The molecule has 8 heteroatoms. The molecule has 0 aliphatic carbocycles. The van der Waals surface area contributed by atoms with Gasteiger partial charge in [0.15, 0.2) is 0 Å². The molecule has 3 aliphatic rings. The highest BCUT2D eigenvalue weighted by Gasteiger charge is 2.55. The standard InChI is InChI=1S/C18H21BF3NO3/c1-16(2)17(3,4)26-19(25-16)10-5-6-11-12(9-10)14-8-7-13(11)23(14)15(24)18(20,21)22/h5-6,9,13-14H,7-8H2,1-4H3. The average molecular weight is 367 g/mol. The van der Waals surface area contributed by atoms with Crippen LogP contribution in [0.15, 0.2) is 18.2 Å². The molecule has 3 aliphatic heterocycles. The third-order valence-corrected chi connectivity index (χ3v) is 6.22.